The highest BCUT2D eigenvalue weighted by Gasteiger charge is 2.31. The van der Waals surface area contributed by atoms with Gasteiger partial charge in [0.15, 0.2) is 6.10 Å². The molecule has 0 bridgehead atoms. The molecule has 2 rings (SSSR count). The molecule has 1 fully saturated rings. The van der Waals surface area contributed by atoms with Crippen molar-refractivity contribution < 1.29 is 27.5 Å². The van der Waals surface area contributed by atoms with Crippen LogP contribution in [0, 0.1) is 0 Å². The van der Waals surface area contributed by atoms with Crippen molar-refractivity contribution in [3.8, 4) is 0 Å². The number of carbonyl (C=O) groups is 3. The van der Waals surface area contributed by atoms with E-state index in [4.69, 9.17) is 16.3 Å². The minimum Gasteiger partial charge on any atom is -0.452 e. The van der Waals surface area contributed by atoms with Gasteiger partial charge in [-0.3, -0.25) is 14.5 Å². The largest absolute Gasteiger partial charge is 0.452 e. The summed E-state index contributed by atoms with van der Waals surface area (Å²) >= 11 is 5.71. The van der Waals surface area contributed by atoms with Crippen LogP contribution in [0.15, 0.2) is 29.2 Å². The first-order valence-corrected chi connectivity index (χ1v) is 9.61. The summed E-state index contributed by atoms with van der Waals surface area (Å²) in [5.41, 5.74) is 0. The van der Waals surface area contributed by atoms with Crippen LogP contribution in [0.2, 0.25) is 5.02 Å². The Morgan fingerprint density at radius 2 is 2.00 bits per heavy atom. The quantitative estimate of drug-likeness (QED) is 0.639. The minimum atomic E-state index is -3.78. The molecule has 9 nitrogen and oxygen atoms in total. The number of hydrogen-bond acceptors (Lipinski definition) is 6. The molecular weight excluding hydrogens is 386 g/mol. The van der Waals surface area contributed by atoms with Gasteiger partial charge in [-0.1, -0.05) is 11.6 Å². The molecule has 142 valence electrons. The fraction of sp³-hybridized carbons (Fsp3) is 0.400. The van der Waals surface area contributed by atoms with E-state index in [0.29, 0.717) is 11.6 Å². The first-order valence-electron chi connectivity index (χ1n) is 7.74. The molecule has 1 aromatic carbocycles. The predicted octanol–water partition coefficient (Wildman–Crippen LogP) is 0.492. The van der Waals surface area contributed by atoms with E-state index >= 15 is 0 Å². The molecule has 1 saturated heterocycles. The van der Waals surface area contributed by atoms with Crippen LogP contribution in [0.4, 0.5) is 4.79 Å². The fourth-order valence-corrected chi connectivity index (χ4v) is 3.35. The SMILES string of the molecule is C[C@@H](OC(=O)CCNS(=O)(=O)c1ccc(Cl)cc1)C(=O)N1CCNC1=O. The highest BCUT2D eigenvalue weighted by Crippen LogP contribution is 2.13. The molecule has 1 heterocycles. The van der Waals surface area contributed by atoms with Crippen LogP contribution in [-0.2, 0) is 24.3 Å². The van der Waals surface area contributed by atoms with Crippen LogP contribution in [0.5, 0.6) is 0 Å². The van der Waals surface area contributed by atoms with E-state index in [1.54, 1.807) is 0 Å². The van der Waals surface area contributed by atoms with Gasteiger partial charge in [0, 0.05) is 24.7 Å². The number of esters is 1. The van der Waals surface area contributed by atoms with E-state index < -0.39 is 34.0 Å². The normalized spacial score (nSPS) is 15.5. The molecule has 3 amide bonds. The number of nitrogens with one attached hydrogen (secondary N) is 2. The molecule has 2 N–H and O–H groups in total. The zero-order valence-corrected chi connectivity index (χ0v) is 15.5. The molecule has 0 unspecified atom stereocenters. The number of hydrogen-bond donors (Lipinski definition) is 2. The van der Waals surface area contributed by atoms with Gasteiger partial charge < -0.3 is 10.1 Å². The van der Waals surface area contributed by atoms with E-state index in [9.17, 15) is 22.8 Å². The molecule has 0 spiro atoms. The van der Waals surface area contributed by atoms with E-state index in [0.717, 1.165) is 4.90 Å². The van der Waals surface area contributed by atoms with Gasteiger partial charge in [-0.2, -0.15) is 0 Å². The standard InChI is InChI=1S/C15H18ClN3O6S/c1-10(14(21)19-9-8-17-15(19)22)25-13(20)6-7-18-26(23,24)12-4-2-11(16)3-5-12/h2-5,10,18H,6-9H2,1H3,(H,17,22)/t10-/m1/s1. The molecule has 0 saturated carbocycles. The average molecular weight is 404 g/mol. The van der Waals surface area contributed by atoms with Gasteiger partial charge in [-0.25, -0.2) is 17.9 Å². The number of carbonyl (C=O) groups excluding carboxylic acids is 3. The first-order chi connectivity index (χ1) is 12.2. The third-order valence-corrected chi connectivity index (χ3v) is 5.25. The van der Waals surface area contributed by atoms with Crippen molar-refractivity contribution in [1.29, 1.82) is 0 Å². The predicted molar refractivity (Wildman–Crippen MR) is 91.9 cm³/mol. The first kappa shape index (κ1) is 20.1. The van der Waals surface area contributed by atoms with Gasteiger partial charge in [0.05, 0.1) is 11.3 Å². The number of amides is 3. The second-order valence-corrected chi connectivity index (χ2v) is 7.66. The van der Waals surface area contributed by atoms with Gasteiger partial charge >= 0.3 is 12.0 Å². The zero-order valence-electron chi connectivity index (χ0n) is 13.9. The number of halogens is 1. The van der Waals surface area contributed by atoms with Crippen LogP contribution >= 0.6 is 11.6 Å². The lowest BCUT2D eigenvalue weighted by molar-refractivity contribution is -0.157. The van der Waals surface area contributed by atoms with Crippen molar-refractivity contribution in [2.75, 3.05) is 19.6 Å². The molecule has 0 aliphatic carbocycles. The molecular formula is C15H18ClN3O6S. The average Bonchev–Trinajstić information content (AvgIpc) is 3.00. The summed E-state index contributed by atoms with van der Waals surface area (Å²) in [4.78, 5) is 36.2. The molecule has 1 atom stereocenters. The summed E-state index contributed by atoms with van der Waals surface area (Å²) in [6.45, 7) is 1.71. The highest BCUT2D eigenvalue weighted by atomic mass is 35.5. The maximum atomic E-state index is 12.1. The summed E-state index contributed by atoms with van der Waals surface area (Å²) in [6.07, 6.45) is -1.41. The van der Waals surface area contributed by atoms with E-state index in [2.05, 4.69) is 10.0 Å². The van der Waals surface area contributed by atoms with Crippen molar-refractivity contribution in [3.63, 3.8) is 0 Å². The lowest BCUT2D eigenvalue weighted by atomic mass is 10.3. The number of urea groups is 1. The van der Waals surface area contributed by atoms with E-state index in [1.807, 2.05) is 0 Å². The van der Waals surface area contributed by atoms with Crippen molar-refractivity contribution in [2.24, 2.45) is 0 Å². The summed E-state index contributed by atoms with van der Waals surface area (Å²) < 4.78 is 31.3. The Balaban J connectivity index is 1.80. The molecule has 0 aromatic heterocycles. The smallest absolute Gasteiger partial charge is 0.324 e. The zero-order chi connectivity index (χ0) is 19.3. The van der Waals surface area contributed by atoms with Crippen LogP contribution < -0.4 is 10.0 Å². The molecule has 0 radical (unpaired) electrons. The van der Waals surface area contributed by atoms with Gasteiger partial charge in [0.25, 0.3) is 5.91 Å². The van der Waals surface area contributed by atoms with Crippen molar-refractivity contribution >= 4 is 39.5 Å². The number of rotatable bonds is 7. The molecule has 26 heavy (non-hydrogen) atoms. The third-order valence-electron chi connectivity index (χ3n) is 3.52. The Labute approximate surface area is 155 Å². The van der Waals surface area contributed by atoms with Crippen molar-refractivity contribution in [1.82, 2.24) is 14.9 Å². The fourth-order valence-electron chi connectivity index (χ4n) is 2.19. The third kappa shape index (κ3) is 5.16. The maximum absolute atomic E-state index is 12.1. The Morgan fingerprint density at radius 3 is 2.58 bits per heavy atom. The Hall–Kier alpha value is -2.17. The highest BCUT2D eigenvalue weighted by molar-refractivity contribution is 7.89. The second kappa shape index (κ2) is 8.47. The van der Waals surface area contributed by atoms with Crippen LogP contribution in [0.1, 0.15) is 13.3 Å². The lowest BCUT2D eigenvalue weighted by Gasteiger charge is -2.18. The summed E-state index contributed by atoms with van der Waals surface area (Å²) in [7, 11) is -3.78. The maximum Gasteiger partial charge on any atom is 0.324 e. The molecule has 1 aliphatic rings. The Morgan fingerprint density at radius 1 is 1.35 bits per heavy atom. The van der Waals surface area contributed by atoms with Crippen LogP contribution in [0.3, 0.4) is 0 Å². The number of nitrogens with zero attached hydrogens (tertiary/aromatic N) is 1. The summed E-state index contributed by atoms with van der Waals surface area (Å²) in [5, 5.41) is 2.87. The second-order valence-electron chi connectivity index (χ2n) is 5.46. The van der Waals surface area contributed by atoms with Crippen molar-refractivity contribution in [2.45, 2.75) is 24.3 Å². The van der Waals surface area contributed by atoms with Gasteiger partial charge in [-0.15, -0.1) is 0 Å². The number of benzene rings is 1. The Kier molecular flexibility index (Phi) is 6.57. The van der Waals surface area contributed by atoms with Crippen LogP contribution in [0.25, 0.3) is 0 Å². The van der Waals surface area contributed by atoms with E-state index in [1.165, 1.54) is 31.2 Å². The summed E-state index contributed by atoms with van der Waals surface area (Å²) in [6, 6.07) is 5.02. The molecule has 1 aromatic rings. The lowest BCUT2D eigenvalue weighted by Crippen LogP contribution is -2.42. The number of ether oxygens (including phenoxy) is 1. The summed E-state index contributed by atoms with van der Waals surface area (Å²) in [5.74, 6) is -1.39. The topological polar surface area (TPSA) is 122 Å². The van der Waals surface area contributed by atoms with Crippen molar-refractivity contribution in [3.05, 3.63) is 29.3 Å². The monoisotopic (exact) mass is 403 g/mol. The van der Waals surface area contributed by atoms with E-state index in [-0.39, 0.29) is 24.4 Å². The molecule has 1 aliphatic heterocycles. The Bertz CT molecular complexity index is 796. The van der Waals surface area contributed by atoms with Gasteiger partial charge in [-0.05, 0) is 31.2 Å². The van der Waals surface area contributed by atoms with Crippen LogP contribution in [-0.4, -0.2) is 57.0 Å². The molecule has 11 heteroatoms. The number of imide groups is 1. The van der Waals surface area contributed by atoms with Gasteiger partial charge in [0.1, 0.15) is 0 Å². The van der Waals surface area contributed by atoms with Gasteiger partial charge in [0.2, 0.25) is 10.0 Å². The number of sulfonamides is 1. The minimum absolute atomic E-state index is 0.0128.